The van der Waals surface area contributed by atoms with E-state index >= 15 is 0 Å². The van der Waals surface area contributed by atoms with Crippen LogP contribution in [-0.4, -0.2) is 65.1 Å². The Hall–Kier alpha value is -3.14. The predicted octanol–water partition coefficient (Wildman–Crippen LogP) is 2.47. The molecule has 33 heavy (non-hydrogen) atoms. The minimum atomic E-state index is -0.299. The summed E-state index contributed by atoms with van der Waals surface area (Å²) in [6, 6.07) is 10.2. The molecule has 3 heterocycles. The number of halogens is 1. The molecule has 1 fully saturated rings. The molecule has 174 valence electrons. The number of pyridine rings is 1. The first-order chi connectivity index (χ1) is 16.2. The van der Waals surface area contributed by atoms with Crippen LogP contribution in [0, 0.1) is 5.82 Å². The number of hydrogen-bond acceptors (Lipinski definition) is 7. The Balaban J connectivity index is 1.36. The summed E-state index contributed by atoms with van der Waals surface area (Å²) in [7, 11) is 0. The third kappa shape index (κ3) is 7.18. The lowest BCUT2D eigenvalue weighted by Gasteiger charge is -2.29. The first-order valence-electron chi connectivity index (χ1n) is 11.0. The molecule has 1 aromatic carbocycles. The lowest BCUT2D eigenvalue weighted by atomic mass is 10.2. The maximum Gasteiger partial charge on any atom is 0.273 e. The average Bonchev–Trinajstić information content (AvgIpc) is 3.32. The maximum atomic E-state index is 13.3. The lowest BCUT2D eigenvalue weighted by Crippen LogP contribution is -2.41. The van der Waals surface area contributed by atoms with Gasteiger partial charge in [-0.15, -0.1) is 0 Å². The van der Waals surface area contributed by atoms with Gasteiger partial charge in [-0.05, 0) is 29.3 Å². The second kappa shape index (κ2) is 11.6. The quantitative estimate of drug-likeness (QED) is 0.505. The molecule has 0 radical (unpaired) electrons. The summed E-state index contributed by atoms with van der Waals surface area (Å²) in [6.45, 7) is 6.39. The van der Waals surface area contributed by atoms with Crippen molar-refractivity contribution in [1.82, 2.24) is 25.1 Å². The van der Waals surface area contributed by atoms with Crippen molar-refractivity contribution in [3.63, 3.8) is 0 Å². The smallest absolute Gasteiger partial charge is 0.273 e. The Morgan fingerprint density at radius 3 is 2.70 bits per heavy atom. The number of morpholine rings is 1. The molecule has 1 saturated heterocycles. The van der Waals surface area contributed by atoms with Crippen molar-refractivity contribution in [2.75, 3.05) is 39.4 Å². The van der Waals surface area contributed by atoms with Gasteiger partial charge in [0.15, 0.2) is 5.69 Å². The van der Waals surface area contributed by atoms with Crippen LogP contribution in [-0.2, 0) is 24.4 Å². The number of nitrogens with zero attached hydrogens (tertiary/aromatic N) is 4. The first-order valence-corrected chi connectivity index (χ1v) is 11.0. The zero-order valence-electron chi connectivity index (χ0n) is 18.5. The van der Waals surface area contributed by atoms with Crippen LogP contribution in [0.2, 0.25) is 0 Å². The highest BCUT2D eigenvalue weighted by molar-refractivity contribution is 5.91. The monoisotopic (exact) mass is 453 g/mol. The fraction of sp³-hybridized carbons (Fsp3) is 0.375. The number of amides is 1. The summed E-state index contributed by atoms with van der Waals surface area (Å²) in [4.78, 5) is 25.4. The number of benzene rings is 1. The molecule has 0 aliphatic carbocycles. The second-order valence-corrected chi connectivity index (χ2v) is 7.96. The summed E-state index contributed by atoms with van der Waals surface area (Å²) in [6.07, 6.45) is 4.77. The van der Waals surface area contributed by atoms with Gasteiger partial charge in [0.2, 0.25) is 5.89 Å². The predicted molar refractivity (Wildman–Crippen MR) is 120 cm³/mol. The molecule has 0 atom stereocenters. The number of rotatable bonds is 10. The first kappa shape index (κ1) is 23.0. The van der Waals surface area contributed by atoms with E-state index in [1.807, 2.05) is 12.1 Å². The fourth-order valence-corrected chi connectivity index (χ4v) is 3.62. The molecular formula is C24H28FN5O3. The van der Waals surface area contributed by atoms with Crippen molar-refractivity contribution in [2.45, 2.75) is 19.6 Å². The van der Waals surface area contributed by atoms with Crippen LogP contribution in [0.25, 0.3) is 0 Å². The SMILES string of the molecule is O=C(NCc1cccnc1)c1coc(CN(CCN2CCOCC2)Cc2ccc(F)cc2)n1. The summed E-state index contributed by atoms with van der Waals surface area (Å²) in [5, 5.41) is 2.83. The maximum absolute atomic E-state index is 13.3. The third-order valence-electron chi connectivity index (χ3n) is 5.47. The molecular weight excluding hydrogens is 425 g/mol. The standard InChI is InChI=1S/C24H28FN5O3/c25-21-5-3-19(4-6-21)16-30(9-8-29-10-12-32-13-11-29)17-23-28-22(18-33-23)24(31)27-15-20-2-1-7-26-14-20/h1-7,14,18H,8-13,15-17H2,(H,27,31). The molecule has 1 aliphatic rings. The molecule has 1 amide bonds. The number of carbonyl (C=O) groups is 1. The van der Waals surface area contributed by atoms with Crippen LogP contribution in [0.1, 0.15) is 27.5 Å². The van der Waals surface area contributed by atoms with Gasteiger partial charge in [-0.1, -0.05) is 18.2 Å². The van der Waals surface area contributed by atoms with E-state index in [-0.39, 0.29) is 17.4 Å². The number of oxazole rings is 1. The van der Waals surface area contributed by atoms with Crippen LogP contribution in [0.5, 0.6) is 0 Å². The Morgan fingerprint density at radius 2 is 1.94 bits per heavy atom. The zero-order chi connectivity index (χ0) is 22.9. The van der Waals surface area contributed by atoms with Gasteiger partial charge in [-0.2, -0.15) is 0 Å². The second-order valence-electron chi connectivity index (χ2n) is 7.96. The third-order valence-corrected chi connectivity index (χ3v) is 5.47. The molecule has 1 N–H and O–H groups in total. The molecule has 0 spiro atoms. The fourth-order valence-electron chi connectivity index (χ4n) is 3.62. The summed E-state index contributed by atoms with van der Waals surface area (Å²) < 4.78 is 24.3. The van der Waals surface area contributed by atoms with E-state index in [4.69, 9.17) is 9.15 Å². The van der Waals surface area contributed by atoms with Gasteiger partial charge in [0, 0.05) is 51.7 Å². The average molecular weight is 454 g/mol. The van der Waals surface area contributed by atoms with Crippen LogP contribution in [0.15, 0.2) is 59.5 Å². The normalized spacial score (nSPS) is 14.5. The van der Waals surface area contributed by atoms with Gasteiger partial charge >= 0.3 is 0 Å². The number of ether oxygens (including phenoxy) is 1. The van der Waals surface area contributed by atoms with Gasteiger partial charge in [0.1, 0.15) is 12.1 Å². The van der Waals surface area contributed by atoms with Crippen LogP contribution < -0.4 is 5.32 Å². The molecule has 9 heteroatoms. The van der Waals surface area contributed by atoms with E-state index in [2.05, 4.69) is 25.1 Å². The molecule has 8 nitrogen and oxygen atoms in total. The number of carbonyl (C=O) groups excluding carboxylic acids is 1. The molecule has 3 aromatic rings. The van der Waals surface area contributed by atoms with E-state index in [0.717, 1.165) is 50.5 Å². The van der Waals surface area contributed by atoms with Crippen molar-refractivity contribution in [1.29, 1.82) is 0 Å². The van der Waals surface area contributed by atoms with Crippen molar-refractivity contribution in [3.8, 4) is 0 Å². The van der Waals surface area contributed by atoms with Crippen LogP contribution in [0.3, 0.4) is 0 Å². The van der Waals surface area contributed by atoms with E-state index in [1.165, 1.54) is 18.4 Å². The van der Waals surface area contributed by atoms with E-state index in [9.17, 15) is 9.18 Å². The highest BCUT2D eigenvalue weighted by atomic mass is 19.1. The van der Waals surface area contributed by atoms with Crippen molar-refractivity contribution in [2.24, 2.45) is 0 Å². The Labute approximate surface area is 192 Å². The van der Waals surface area contributed by atoms with Crippen LogP contribution >= 0.6 is 0 Å². The molecule has 2 aromatic heterocycles. The van der Waals surface area contributed by atoms with Crippen molar-refractivity contribution in [3.05, 3.63) is 83.6 Å². The zero-order valence-corrected chi connectivity index (χ0v) is 18.5. The van der Waals surface area contributed by atoms with Gasteiger partial charge < -0.3 is 14.5 Å². The largest absolute Gasteiger partial charge is 0.447 e. The van der Waals surface area contributed by atoms with Gasteiger partial charge in [0.25, 0.3) is 5.91 Å². The number of nitrogens with one attached hydrogen (secondary N) is 1. The Kier molecular flexibility index (Phi) is 8.13. The number of aromatic nitrogens is 2. The van der Waals surface area contributed by atoms with Crippen molar-refractivity contribution < 1.29 is 18.3 Å². The highest BCUT2D eigenvalue weighted by Crippen LogP contribution is 2.12. The van der Waals surface area contributed by atoms with Gasteiger partial charge in [-0.25, -0.2) is 9.37 Å². The topological polar surface area (TPSA) is 83.7 Å². The molecule has 0 unspecified atom stereocenters. The van der Waals surface area contributed by atoms with Crippen LogP contribution in [0.4, 0.5) is 4.39 Å². The summed E-state index contributed by atoms with van der Waals surface area (Å²) >= 11 is 0. The van der Waals surface area contributed by atoms with E-state index in [1.54, 1.807) is 24.5 Å². The molecule has 1 aliphatic heterocycles. The molecule has 0 saturated carbocycles. The minimum Gasteiger partial charge on any atom is -0.447 e. The summed E-state index contributed by atoms with van der Waals surface area (Å²) in [5.41, 5.74) is 2.14. The lowest BCUT2D eigenvalue weighted by molar-refractivity contribution is 0.0320. The van der Waals surface area contributed by atoms with Gasteiger partial charge in [0.05, 0.1) is 19.8 Å². The summed E-state index contributed by atoms with van der Waals surface area (Å²) in [5.74, 6) is -0.0915. The van der Waals surface area contributed by atoms with Gasteiger partial charge in [-0.3, -0.25) is 19.6 Å². The van der Waals surface area contributed by atoms with E-state index in [0.29, 0.717) is 25.5 Å². The minimum absolute atomic E-state index is 0.240. The van der Waals surface area contributed by atoms with Crippen molar-refractivity contribution >= 4 is 5.91 Å². The highest BCUT2D eigenvalue weighted by Gasteiger charge is 2.17. The Morgan fingerprint density at radius 1 is 1.12 bits per heavy atom. The van der Waals surface area contributed by atoms with E-state index < -0.39 is 0 Å². The Bertz CT molecular complexity index is 1010. The number of hydrogen-bond donors (Lipinski definition) is 1. The molecule has 4 rings (SSSR count). The molecule has 0 bridgehead atoms.